The predicted molar refractivity (Wildman–Crippen MR) is 67.8 cm³/mol. The predicted octanol–water partition coefficient (Wildman–Crippen LogP) is 2.63. The van der Waals surface area contributed by atoms with Gasteiger partial charge in [0.15, 0.2) is 0 Å². The first-order valence-electron chi connectivity index (χ1n) is 6.04. The van der Waals surface area contributed by atoms with E-state index in [0.717, 1.165) is 13.0 Å². The van der Waals surface area contributed by atoms with E-state index in [0.29, 0.717) is 12.1 Å². The highest BCUT2D eigenvalue weighted by molar-refractivity contribution is 5.36. The smallest absolute Gasteiger partial charge is 0.387 e. The Morgan fingerprint density at radius 1 is 1.33 bits per heavy atom. The number of likely N-dealkylation sites (N-methyl/N-ethyl adjacent to an activating group) is 1. The number of hydrogen-bond donors (Lipinski definition) is 1. The van der Waals surface area contributed by atoms with E-state index in [-0.39, 0.29) is 11.8 Å². The minimum absolute atomic E-state index is 0.111. The summed E-state index contributed by atoms with van der Waals surface area (Å²) in [4.78, 5) is 2.05. The van der Waals surface area contributed by atoms with Crippen LogP contribution < -0.4 is 10.5 Å². The summed E-state index contributed by atoms with van der Waals surface area (Å²) in [6.07, 6.45) is 0.977. The van der Waals surface area contributed by atoms with Crippen molar-refractivity contribution in [1.82, 2.24) is 4.90 Å². The fraction of sp³-hybridized carbons (Fsp3) is 0.538. The van der Waals surface area contributed by atoms with Crippen LogP contribution in [0.15, 0.2) is 24.3 Å². The quantitative estimate of drug-likeness (QED) is 0.817. The average Bonchev–Trinajstić information content (AvgIpc) is 2.32. The molecule has 0 spiro atoms. The maximum absolute atomic E-state index is 12.3. The zero-order valence-corrected chi connectivity index (χ0v) is 10.8. The molecule has 0 amide bonds. The summed E-state index contributed by atoms with van der Waals surface area (Å²) in [6.45, 7) is 0.456. The zero-order chi connectivity index (χ0) is 13.5. The molecule has 2 N–H and O–H groups in total. The molecule has 0 saturated carbocycles. The van der Waals surface area contributed by atoms with Gasteiger partial charge in [-0.1, -0.05) is 25.1 Å². The number of benzene rings is 1. The van der Waals surface area contributed by atoms with Gasteiger partial charge in [0.2, 0.25) is 0 Å². The van der Waals surface area contributed by atoms with Crippen molar-refractivity contribution < 1.29 is 13.5 Å². The van der Waals surface area contributed by atoms with Crippen LogP contribution in [0.25, 0.3) is 0 Å². The third kappa shape index (κ3) is 3.92. The molecule has 0 aromatic heterocycles. The molecule has 0 aliphatic carbocycles. The van der Waals surface area contributed by atoms with Gasteiger partial charge in [0, 0.05) is 12.1 Å². The maximum atomic E-state index is 12.3. The third-order valence-electron chi connectivity index (χ3n) is 2.83. The summed E-state index contributed by atoms with van der Waals surface area (Å²) in [5.41, 5.74) is 6.46. The van der Waals surface area contributed by atoms with Crippen molar-refractivity contribution in [2.45, 2.75) is 26.0 Å². The van der Waals surface area contributed by atoms with Crippen LogP contribution >= 0.6 is 0 Å². The normalized spacial score (nSPS) is 13.1. The molecule has 1 aromatic rings. The number of para-hydroxylation sites is 1. The van der Waals surface area contributed by atoms with Crippen LogP contribution in [0, 0.1) is 0 Å². The first-order chi connectivity index (χ1) is 8.60. The molecule has 1 aromatic carbocycles. The Bertz CT molecular complexity index is 361. The summed E-state index contributed by atoms with van der Waals surface area (Å²) in [5, 5.41) is 0. The van der Waals surface area contributed by atoms with Crippen LogP contribution in [0.3, 0.4) is 0 Å². The van der Waals surface area contributed by atoms with Crippen molar-refractivity contribution in [3.63, 3.8) is 0 Å². The lowest BCUT2D eigenvalue weighted by atomic mass is 10.0. The van der Waals surface area contributed by atoms with E-state index in [1.54, 1.807) is 24.3 Å². The van der Waals surface area contributed by atoms with Crippen LogP contribution in [0.4, 0.5) is 8.78 Å². The lowest BCUT2D eigenvalue weighted by molar-refractivity contribution is -0.0510. The number of nitrogens with two attached hydrogens (primary N) is 1. The first kappa shape index (κ1) is 14.9. The van der Waals surface area contributed by atoms with Gasteiger partial charge in [-0.05, 0) is 26.1 Å². The highest BCUT2D eigenvalue weighted by Gasteiger charge is 2.20. The first-order valence-corrected chi connectivity index (χ1v) is 6.04. The number of ether oxygens (including phenoxy) is 1. The Kier molecular flexibility index (Phi) is 6.01. The van der Waals surface area contributed by atoms with Crippen LogP contribution in [0.1, 0.15) is 24.9 Å². The molecule has 5 heteroatoms. The molecule has 1 unspecified atom stereocenters. The molecule has 0 aliphatic rings. The van der Waals surface area contributed by atoms with Crippen molar-refractivity contribution in [3.8, 4) is 5.75 Å². The SMILES string of the molecule is CCCN(C)C(CN)c1ccccc1OC(F)F. The van der Waals surface area contributed by atoms with Gasteiger partial charge in [-0.25, -0.2) is 0 Å². The fourth-order valence-electron chi connectivity index (χ4n) is 2.01. The Hall–Kier alpha value is -1.20. The summed E-state index contributed by atoms with van der Waals surface area (Å²) in [6, 6.07) is 6.69. The van der Waals surface area contributed by atoms with E-state index in [1.165, 1.54) is 0 Å². The second kappa shape index (κ2) is 7.28. The topological polar surface area (TPSA) is 38.5 Å². The van der Waals surface area contributed by atoms with E-state index < -0.39 is 6.61 Å². The van der Waals surface area contributed by atoms with Gasteiger partial charge in [0.1, 0.15) is 5.75 Å². The minimum atomic E-state index is -2.82. The maximum Gasteiger partial charge on any atom is 0.387 e. The van der Waals surface area contributed by atoms with Crippen molar-refractivity contribution in [2.75, 3.05) is 20.1 Å². The number of alkyl halides is 2. The van der Waals surface area contributed by atoms with Crippen molar-refractivity contribution in [2.24, 2.45) is 5.73 Å². The summed E-state index contributed by atoms with van der Waals surface area (Å²) >= 11 is 0. The van der Waals surface area contributed by atoms with E-state index in [2.05, 4.69) is 11.7 Å². The Morgan fingerprint density at radius 2 is 2.00 bits per heavy atom. The van der Waals surface area contributed by atoms with Gasteiger partial charge in [-0.3, -0.25) is 4.90 Å². The molecule has 0 saturated heterocycles. The number of rotatable bonds is 7. The second-order valence-corrected chi connectivity index (χ2v) is 4.15. The van der Waals surface area contributed by atoms with Crippen LogP contribution in [-0.4, -0.2) is 31.6 Å². The standard InChI is InChI=1S/C13H20F2N2O/c1-3-8-17(2)11(9-16)10-6-4-5-7-12(10)18-13(14)15/h4-7,11,13H,3,8-9,16H2,1-2H3. The molecule has 0 aliphatic heterocycles. The lowest BCUT2D eigenvalue weighted by Crippen LogP contribution is -2.31. The largest absolute Gasteiger partial charge is 0.434 e. The molecule has 0 fully saturated rings. The highest BCUT2D eigenvalue weighted by atomic mass is 19.3. The molecular weight excluding hydrogens is 238 g/mol. The Labute approximate surface area is 107 Å². The Balaban J connectivity index is 2.97. The molecule has 0 radical (unpaired) electrons. The molecule has 0 bridgehead atoms. The van der Waals surface area contributed by atoms with Crippen molar-refractivity contribution in [1.29, 1.82) is 0 Å². The fourth-order valence-corrected chi connectivity index (χ4v) is 2.01. The zero-order valence-electron chi connectivity index (χ0n) is 10.8. The number of halogens is 2. The summed E-state index contributed by atoms with van der Waals surface area (Å²) < 4.78 is 29.2. The van der Waals surface area contributed by atoms with Crippen LogP contribution in [0.5, 0.6) is 5.75 Å². The molecule has 1 atom stereocenters. The van der Waals surface area contributed by atoms with E-state index in [1.807, 2.05) is 11.9 Å². The molecule has 3 nitrogen and oxygen atoms in total. The monoisotopic (exact) mass is 258 g/mol. The molecule has 1 rings (SSSR count). The molecule has 18 heavy (non-hydrogen) atoms. The average molecular weight is 258 g/mol. The summed E-state index contributed by atoms with van der Waals surface area (Å²) in [5.74, 6) is 0.200. The number of nitrogens with zero attached hydrogens (tertiary/aromatic N) is 1. The Morgan fingerprint density at radius 3 is 2.56 bits per heavy atom. The van der Waals surface area contributed by atoms with E-state index >= 15 is 0 Å². The third-order valence-corrected chi connectivity index (χ3v) is 2.83. The van der Waals surface area contributed by atoms with E-state index in [4.69, 9.17) is 5.73 Å². The van der Waals surface area contributed by atoms with Crippen LogP contribution in [0.2, 0.25) is 0 Å². The van der Waals surface area contributed by atoms with E-state index in [9.17, 15) is 8.78 Å². The summed E-state index contributed by atoms with van der Waals surface area (Å²) in [7, 11) is 1.93. The second-order valence-electron chi connectivity index (χ2n) is 4.15. The molecule has 102 valence electrons. The number of hydrogen-bond acceptors (Lipinski definition) is 3. The van der Waals surface area contributed by atoms with Gasteiger partial charge in [0.05, 0.1) is 6.04 Å². The highest BCUT2D eigenvalue weighted by Crippen LogP contribution is 2.29. The van der Waals surface area contributed by atoms with Crippen LogP contribution in [-0.2, 0) is 0 Å². The molecule has 0 heterocycles. The molecular formula is C13H20F2N2O. The van der Waals surface area contributed by atoms with Gasteiger partial charge in [-0.15, -0.1) is 0 Å². The van der Waals surface area contributed by atoms with Gasteiger partial charge < -0.3 is 10.5 Å². The minimum Gasteiger partial charge on any atom is -0.434 e. The van der Waals surface area contributed by atoms with Crippen molar-refractivity contribution >= 4 is 0 Å². The van der Waals surface area contributed by atoms with Gasteiger partial charge >= 0.3 is 6.61 Å². The van der Waals surface area contributed by atoms with Crippen molar-refractivity contribution in [3.05, 3.63) is 29.8 Å². The van der Waals surface area contributed by atoms with Gasteiger partial charge in [-0.2, -0.15) is 8.78 Å². The lowest BCUT2D eigenvalue weighted by Gasteiger charge is -2.28. The van der Waals surface area contributed by atoms with Gasteiger partial charge in [0.25, 0.3) is 0 Å².